The van der Waals surface area contributed by atoms with Crippen LogP contribution in [0.1, 0.15) is 19.3 Å². The number of hydrogen-bond donors (Lipinski definition) is 0. The second kappa shape index (κ2) is 5.45. The van der Waals surface area contributed by atoms with Crippen molar-refractivity contribution in [1.82, 2.24) is 14.9 Å². The van der Waals surface area contributed by atoms with Gasteiger partial charge in [0.05, 0.1) is 4.47 Å². The summed E-state index contributed by atoms with van der Waals surface area (Å²) in [5.41, 5.74) is 0. The Morgan fingerprint density at radius 2 is 1.89 bits per heavy atom. The van der Waals surface area contributed by atoms with E-state index in [2.05, 4.69) is 30.8 Å². The lowest BCUT2D eigenvalue weighted by atomic mass is 10.3. The molecule has 2 aliphatic rings. The Labute approximate surface area is 121 Å². The molecule has 1 aliphatic carbocycles. The van der Waals surface area contributed by atoms with Crippen molar-refractivity contribution >= 4 is 27.8 Å². The minimum atomic E-state index is 0.315. The Morgan fingerprint density at radius 3 is 2.58 bits per heavy atom. The molecule has 1 saturated carbocycles. The van der Waals surface area contributed by atoms with Crippen LogP contribution < -0.4 is 4.90 Å². The van der Waals surface area contributed by atoms with E-state index in [0.29, 0.717) is 11.8 Å². The van der Waals surface area contributed by atoms with Gasteiger partial charge in [-0.15, -0.1) is 0 Å². The van der Waals surface area contributed by atoms with Crippen LogP contribution in [0.25, 0.3) is 0 Å². The number of nitrogens with zero attached hydrogens (tertiary/aromatic N) is 4. The number of anilines is 1. The van der Waals surface area contributed by atoms with Crippen molar-refractivity contribution in [2.24, 2.45) is 5.92 Å². The molecule has 0 N–H and O–H groups in total. The zero-order valence-corrected chi connectivity index (χ0v) is 12.3. The van der Waals surface area contributed by atoms with Crippen molar-refractivity contribution in [3.63, 3.8) is 0 Å². The normalized spacial score (nSPS) is 20.3. The van der Waals surface area contributed by atoms with Gasteiger partial charge in [0.25, 0.3) is 0 Å². The molecule has 0 unspecified atom stereocenters. The molecule has 0 aromatic carbocycles. The summed E-state index contributed by atoms with van der Waals surface area (Å²) in [4.78, 5) is 24.9. The highest BCUT2D eigenvalue weighted by atomic mass is 79.9. The number of carbonyl (C=O) groups is 1. The first-order chi connectivity index (χ1) is 9.24. The van der Waals surface area contributed by atoms with E-state index in [1.54, 1.807) is 12.4 Å². The first-order valence-electron chi connectivity index (χ1n) is 6.75. The van der Waals surface area contributed by atoms with Crippen molar-refractivity contribution in [3.8, 4) is 0 Å². The van der Waals surface area contributed by atoms with Crippen LogP contribution in [-0.2, 0) is 4.79 Å². The van der Waals surface area contributed by atoms with E-state index in [9.17, 15) is 4.79 Å². The molecular weight excluding hydrogens is 308 g/mol. The molecule has 0 spiro atoms. The molecule has 0 atom stereocenters. The third-order valence-corrected chi connectivity index (χ3v) is 4.03. The van der Waals surface area contributed by atoms with E-state index in [1.165, 1.54) is 0 Å². The van der Waals surface area contributed by atoms with Crippen LogP contribution in [0.3, 0.4) is 0 Å². The predicted molar refractivity (Wildman–Crippen MR) is 75.9 cm³/mol. The molecule has 102 valence electrons. The van der Waals surface area contributed by atoms with Gasteiger partial charge >= 0.3 is 0 Å². The molecule has 1 amide bonds. The summed E-state index contributed by atoms with van der Waals surface area (Å²) in [6, 6.07) is 0. The average Bonchev–Trinajstić information content (AvgIpc) is 3.26. The molecule has 19 heavy (non-hydrogen) atoms. The van der Waals surface area contributed by atoms with Crippen LogP contribution in [0.5, 0.6) is 0 Å². The van der Waals surface area contributed by atoms with Gasteiger partial charge in [-0.05, 0) is 35.2 Å². The Morgan fingerprint density at radius 1 is 1.16 bits per heavy atom. The van der Waals surface area contributed by atoms with Crippen molar-refractivity contribution < 1.29 is 4.79 Å². The van der Waals surface area contributed by atoms with E-state index < -0.39 is 0 Å². The van der Waals surface area contributed by atoms with Crippen molar-refractivity contribution in [1.29, 1.82) is 0 Å². The number of halogens is 1. The lowest BCUT2D eigenvalue weighted by molar-refractivity contribution is -0.132. The highest BCUT2D eigenvalue weighted by Gasteiger charge is 2.34. The summed E-state index contributed by atoms with van der Waals surface area (Å²) in [6.07, 6.45) is 6.67. The minimum absolute atomic E-state index is 0.315. The monoisotopic (exact) mass is 324 g/mol. The van der Waals surface area contributed by atoms with Crippen molar-refractivity contribution in [3.05, 3.63) is 16.9 Å². The van der Waals surface area contributed by atoms with E-state index in [4.69, 9.17) is 0 Å². The van der Waals surface area contributed by atoms with Crippen molar-refractivity contribution in [2.45, 2.75) is 19.3 Å². The zero-order chi connectivity index (χ0) is 13.2. The Bertz CT molecular complexity index is 460. The summed E-state index contributed by atoms with van der Waals surface area (Å²) >= 11 is 3.34. The fourth-order valence-electron chi connectivity index (χ4n) is 2.40. The second-order valence-corrected chi connectivity index (χ2v) is 6.06. The average molecular weight is 325 g/mol. The molecular formula is C13H17BrN4O. The maximum Gasteiger partial charge on any atom is 0.225 e. The Hall–Kier alpha value is -1.17. The minimum Gasteiger partial charge on any atom is -0.341 e. The van der Waals surface area contributed by atoms with E-state index in [-0.39, 0.29) is 0 Å². The summed E-state index contributed by atoms with van der Waals surface area (Å²) in [5.74, 6) is 1.41. The summed E-state index contributed by atoms with van der Waals surface area (Å²) in [6.45, 7) is 3.38. The van der Waals surface area contributed by atoms with Gasteiger partial charge in [0.1, 0.15) is 0 Å². The topological polar surface area (TPSA) is 49.3 Å². The molecule has 5 nitrogen and oxygen atoms in total. The number of carbonyl (C=O) groups excluding carboxylic acids is 1. The van der Waals surface area contributed by atoms with E-state index >= 15 is 0 Å². The van der Waals surface area contributed by atoms with Crippen LogP contribution in [0.4, 0.5) is 5.95 Å². The lowest BCUT2D eigenvalue weighted by Gasteiger charge is -2.22. The van der Waals surface area contributed by atoms with Crippen LogP contribution in [0.15, 0.2) is 16.9 Å². The largest absolute Gasteiger partial charge is 0.341 e. The van der Waals surface area contributed by atoms with E-state index in [1.807, 2.05) is 4.90 Å². The molecule has 2 fully saturated rings. The number of rotatable bonds is 2. The molecule has 1 aromatic rings. The van der Waals surface area contributed by atoms with Gasteiger partial charge in [-0.1, -0.05) is 0 Å². The molecule has 2 heterocycles. The number of aromatic nitrogens is 2. The maximum absolute atomic E-state index is 12.1. The fourth-order valence-corrected chi connectivity index (χ4v) is 2.60. The van der Waals surface area contributed by atoms with Gasteiger partial charge in [-0.25, -0.2) is 9.97 Å². The molecule has 0 bridgehead atoms. The fraction of sp³-hybridized carbons (Fsp3) is 0.615. The molecule has 1 saturated heterocycles. The number of hydrogen-bond acceptors (Lipinski definition) is 4. The second-order valence-electron chi connectivity index (χ2n) is 5.14. The summed E-state index contributed by atoms with van der Waals surface area (Å²) in [5, 5.41) is 0. The molecule has 1 aliphatic heterocycles. The summed E-state index contributed by atoms with van der Waals surface area (Å²) in [7, 11) is 0. The Kier molecular flexibility index (Phi) is 3.68. The zero-order valence-electron chi connectivity index (χ0n) is 10.8. The van der Waals surface area contributed by atoms with Gasteiger partial charge in [-0.3, -0.25) is 4.79 Å². The van der Waals surface area contributed by atoms with Crippen LogP contribution in [-0.4, -0.2) is 47.0 Å². The lowest BCUT2D eigenvalue weighted by Crippen LogP contribution is -2.36. The standard InChI is InChI=1S/C13H17BrN4O/c14-11-8-15-13(16-9-11)18-5-1-4-17(6-7-18)12(19)10-2-3-10/h8-10H,1-7H2. The van der Waals surface area contributed by atoms with Crippen LogP contribution in [0, 0.1) is 5.92 Å². The number of amides is 1. The highest BCUT2D eigenvalue weighted by molar-refractivity contribution is 9.10. The highest BCUT2D eigenvalue weighted by Crippen LogP contribution is 2.31. The predicted octanol–water partition coefficient (Wildman–Crippen LogP) is 1.69. The van der Waals surface area contributed by atoms with Crippen molar-refractivity contribution in [2.75, 3.05) is 31.1 Å². The van der Waals surface area contributed by atoms with E-state index in [0.717, 1.165) is 55.9 Å². The first kappa shape index (κ1) is 12.8. The third-order valence-electron chi connectivity index (χ3n) is 3.62. The van der Waals surface area contributed by atoms with Gasteiger partial charge in [-0.2, -0.15) is 0 Å². The smallest absolute Gasteiger partial charge is 0.225 e. The van der Waals surface area contributed by atoms with Gasteiger partial charge < -0.3 is 9.80 Å². The molecule has 1 aromatic heterocycles. The molecule has 3 rings (SSSR count). The third kappa shape index (κ3) is 3.05. The molecule has 6 heteroatoms. The van der Waals surface area contributed by atoms with Crippen LogP contribution in [0.2, 0.25) is 0 Å². The first-order valence-corrected chi connectivity index (χ1v) is 7.54. The van der Waals surface area contributed by atoms with Gasteiger partial charge in [0.15, 0.2) is 0 Å². The SMILES string of the molecule is O=C(C1CC1)N1CCCN(c2ncc(Br)cn2)CC1. The van der Waals surface area contributed by atoms with Gasteiger partial charge in [0.2, 0.25) is 11.9 Å². The maximum atomic E-state index is 12.1. The molecule has 0 radical (unpaired) electrons. The Balaban J connectivity index is 1.63. The summed E-state index contributed by atoms with van der Waals surface area (Å²) < 4.78 is 0.886. The van der Waals surface area contributed by atoms with Gasteiger partial charge in [0, 0.05) is 44.5 Å². The van der Waals surface area contributed by atoms with Crippen LogP contribution >= 0.6 is 15.9 Å². The quantitative estimate of drug-likeness (QED) is 0.830.